The summed E-state index contributed by atoms with van der Waals surface area (Å²) in [4.78, 5) is 12.2. The topological polar surface area (TPSA) is 87.6 Å². The van der Waals surface area contributed by atoms with Crippen LogP contribution in [0.15, 0.2) is 69.1 Å². The molecule has 7 heteroatoms. The fourth-order valence-corrected chi connectivity index (χ4v) is 2.97. The molecule has 1 amide bonds. The summed E-state index contributed by atoms with van der Waals surface area (Å²) < 4.78 is 11.8. The summed E-state index contributed by atoms with van der Waals surface area (Å²) in [5.74, 6) is 0.359. The molecule has 6 nitrogen and oxygen atoms in total. The summed E-state index contributed by atoms with van der Waals surface area (Å²) in [6, 6.07) is 14.5. The lowest BCUT2D eigenvalue weighted by Gasteiger charge is -2.08. The molecule has 1 heterocycles. The van der Waals surface area contributed by atoms with Crippen LogP contribution in [0.5, 0.6) is 5.75 Å². The number of amides is 1. The number of fused-ring (bicyclic) bond motifs is 1. The molecule has 1 N–H and O–H groups in total. The van der Waals surface area contributed by atoms with Gasteiger partial charge in [0.25, 0.3) is 0 Å². The molecule has 1 aromatic heterocycles. The number of nitrogens with one attached hydrogen (secondary N) is 1. The maximum absolute atomic E-state index is 12.2. The van der Waals surface area contributed by atoms with Crippen molar-refractivity contribution in [2.75, 3.05) is 6.61 Å². The molecule has 0 spiro atoms. The first-order valence-corrected chi connectivity index (χ1v) is 9.16. The molecule has 0 unspecified atom stereocenters. The fourth-order valence-electron chi connectivity index (χ4n) is 2.59. The number of furan rings is 1. The van der Waals surface area contributed by atoms with E-state index in [0.717, 1.165) is 21.0 Å². The fraction of sp³-hybridized carbons (Fsp3) is 0.0952. The minimum absolute atomic E-state index is 0.0261. The highest BCUT2D eigenvalue weighted by atomic mass is 79.9. The number of hydrazone groups is 1. The summed E-state index contributed by atoms with van der Waals surface area (Å²) in [5, 5.41) is 13.5. The van der Waals surface area contributed by atoms with E-state index in [0.29, 0.717) is 17.8 Å². The van der Waals surface area contributed by atoms with Crippen LogP contribution >= 0.6 is 15.9 Å². The van der Waals surface area contributed by atoms with E-state index >= 15 is 0 Å². The third-order valence-electron chi connectivity index (χ3n) is 3.82. The quantitative estimate of drug-likeness (QED) is 0.332. The number of rotatable bonds is 7. The number of halogens is 1. The van der Waals surface area contributed by atoms with Crippen LogP contribution in [0.4, 0.5) is 0 Å². The Morgan fingerprint density at radius 2 is 2.18 bits per heavy atom. The molecule has 0 aliphatic carbocycles. The van der Waals surface area contributed by atoms with E-state index in [4.69, 9.17) is 14.4 Å². The van der Waals surface area contributed by atoms with Gasteiger partial charge < -0.3 is 9.15 Å². The minimum atomic E-state index is -0.441. The van der Waals surface area contributed by atoms with Crippen molar-refractivity contribution in [2.24, 2.45) is 5.10 Å². The summed E-state index contributed by atoms with van der Waals surface area (Å²) in [5.41, 5.74) is 4.73. The zero-order valence-corrected chi connectivity index (χ0v) is 16.4. The average molecular weight is 438 g/mol. The van der Waals surface area contributed by atoms with E-state index in [2.05, 4.69) is 33.0 Å². The maximum Gasteiger partial charge on any atom is 0.307 e. The van der Waals surface area contributed by atoms with Crippen LogP contribution in [-0.4, -0.2) is 18.7 Å². The predicted molar refractivity (Wildman–Crippen MR) is 110 cm³/mol. The molecule has 0 atom stereocenters. The maximum atomic E-state index is 12.2. The summed E-state index contributed by atoms with van der Waals surface area (Å²) in [7, 11) is 0. The Bertz CT molecular complexity index is 1100. The monoisotopic (exact) mass is 437 g/mol. The molecular formula is C21H16BrN3O3. The van der Waals surface area contributed by atoms with Gasteiger partial charge >= 0.3 is 5.91 Å². The van der Waals surface area contributed by atoms with Crippen molar-refractivity contribution in [3.8, 4) is 11.8 Å². The molecule has 0 bridgehead atoms. The van der Waals surface area contributed by atoms with Crippen LogP contribution in [0.25, 0.3) is 11.0 Å². The smallest absolute Gasteiger partial charge is 0.307 e. The first kappa shape index (κ1) is 19.4. The number of benzene rings is 2. The zero-order chi connectivity index (χ0) is 19.9. The van der Waals surface area contributed by atoms with Gasteiger partial charge in [0, 0.05) is 9.86 Å². The normalized spacial score (nSPS) is 10.7. The Hall–Kier alpha value is -3.37. The third-order valence-corrected chi connectivity index (χ3v) is 4.32. The lowest BCUT2D eigenvalue weighted by atomic mass is 10.1. The van der Waals surface area contributed by atoms with Crippen molar-refractivity contribution in [1.29, 1.82) is 5.26 Å². The van der Waals surface area contributed by atoms with Gasteiger partial charge in [-0.1, -0.05) is 22.0 Å². The highest BCUT2D eigenvalue weighted by Gasteiger charge is 2.11. The van der Waals surface area contributed by atoms with Crippen molar-refractivity contribution < 1.29 is 13.9 Å². The largest absolute Gasteiger partial charge is 0.478 e. The van der Waals surface area contributed by atoms with Gasteiger partial charge in [0.2, 0.25) is 0 Å². The lowest BCUT2D eigenvalue weighted by Crippen LogP contribution is -2.16. The second kappa shape index (κ2) is 9.02. The molecular weight excluding hydrogens is 422 g/mol. The first-order chi connectivity index (χ1) is 13.6. The number of carbonyl (C=O) groups excluding carboxylic acids is 1. The molecule has 0 radical (unpaired) electrons. The van der Waals surface area contributed by atoms with Crippen LogP contribution in [0.1, 0.15) is 21.7 Å². The van der Waals surface area contributed by atoms with E-state index in [1.807, 2.05) is 24.3 Å². The number of hydrogen-bond donors (Lipinski definition) is 1. The van der Waals surface area contributed by atoms with Crippen molar-refractivity contribution in [2.45, 2.75) is 6.42 Å². The molecule has 2 aromatic carbocycles. The number of allylic oxidation sites excluding steroid dienone is 1. The van der Waals surface area contributed by atoms with Crippen molar-refractivity contribution >= 4 is 39.0 Å². The molecule has 0 saturated heterocycles. The molecule has 0 aliphatic heterocycles. The Morgan fingerprint density at radius 1 is 1.32 bits per heavy atom. The van der Waals surface area contributed by atoms with Crippen LogP contribution in [0.3, 0.4) is 0 Å². The van der Waals surface area contributed by atoms with Gasteiger partial charge in [-0.2, -0.15) is 10.4 Å². The molecule has 140 valence electrons. The zero-order valence-electron chi connectivity index (χ0n) is 14.8. The van der Waals surface area contributed by atoms with Gasteiger partial charge in [0.1, 0.15) is 17.4 Å². The van der Waals surface area contributed by atoms with Gasteiger partial charge in [0.05, 0.1) is 6.21 Å². The second-order valence-electron chi connectivity index (χ2n) is 5.80. The van der Waals surface area contributed by atoms with Crippen LogP contribution in [-0.2, 0) is 6.42 Å². The number of hydrogen-bond acceptors (Lipinski definition) is 5. The first-order valence-electron chi connectivity index (χ1n) is 8.37. The van der Waals surface area contributed by atoms with Crippen LogP contribution in [0.2, 0.25) is 0 Å². The van der Waals surface area contributed by atoms with Crippen LogP contribution in [0, 0.1) is 11.3 Å². The minimum Gasteiger partial charge on any atom is -0.478 e. The van der Waals surface area contributed by atoms with Gasteiger partial charge in [-0.3, -0.25) is 4.79 Å². The van der Waals surface area contributed by atoms with E-state index in [9.17, 15) is 4.79 Å². The highest BCUT2D eigenvalue weighted by molar-refractivity contribution is 9.10. The second-order valence-corrected chi connectivity index (χ2v) is 6.71. The third kappa shape index (κ3) is 4.67. The lowest BCUT2D eigenvalue weighted by molar-refractivity contribution is 0.0929. The Kier molecular flexibility index (Phi) is 6.25. The van der Waals surface area contributed by atoms with E-state index < -0.39 is 5.91 Å². The van der Waals surface area contributed by atoms with E-state index in [-0.39, 0.29) is 12.4 Å². The standard InChI is InChI=1S/C21H16BrN3O3/c1-2-3-15-10-14(4-6-18(15)27-9-8-23)13-24-25-21(26)20-12-16-11-17(22)5-7-19(16)28-20/h2,4-7,10-13H,1,3,9H2,(H,25,26)/b24-13+. The number of carbonyl (C=O) groups is 1. The van der Waals surface area contributed by atoms with Gasteiger partial charge in [0.15, 0.2) is 12.4 Å². The van der Waals surface area contributed by atoms with Gasteiger partial charge in [-0.25, -0.2) is 5.43 Å². The molecule has 3 aromatic rings. The van der Waals surface area contributed by atoms with Crippen LogP contribution < -0.4 is 10.2 Å². The Morgan fingerprint density at radius 3 is 2.96 bits per heavy atom. The molecule has 3 rings (SSSR count). The summed E-state index contributed by atoms with van der Waals surface area (Å²) >= 11 is 3.39. The number of ether oxygens (including phenoxy) is 1. The average Bonchev–Trinajstić information content (AvgIpc) is 3.11. The van der Waals surface area contributed by atoms with Crippen molar-refractivity contribution in [3.05, 3.63) is 76.5 Å². The Balaban J connectivity index is 1.70. The molecule has 28 heavy (non-hydrogen) atoms. The molecule has 0 fully saturated rings. The van der Waals surface area contributed by atoms with E-state index in [1.54, 1.807) is 30.3 Å². The number of nitriles is 1. The van der Waals surface area contributed by atoms with Gasteiger partial charge in [-0.05, 0) is 60.0 Å². The summed E-state index contributed by atoms with van der Waals surface area (Å²) in [6.07, 6.45) is 3.86. The predicted octanol–water partition coefficient (Wildman–Crippen LogP) is 4.59. The SMILES string of the molecule is C=CCc1cc(/C=N/NC(=O)c2cc3cc(Br)ccc3o2)ccc1OCC#N. The summed E-state index contributed by atoms with van der Waals surface area (Å²) in [6.45, 7) is 3.70. The van der Waals surface area contributed by atoms with Crippen molar-refractivity contribution in [3.63, 3.8) is 0 Å². The van der Waals surface area contributed by atoms with Gasteiger partial charge in [-0.15, -0.1) is 6.58 Å². The Labute approximate surface area is 170 Å². The van der Waals surface area contributed by atoms with Crippen molar-refractivity contribution in [1.82, 2.24) is 5.43 Å². The number of nitrogens with zero attached hydrogens (tertiary/aromatic N) is 2. The molecule has 0 saturated carbocycles. The van der Waals surface area contributed by atoms with E-state index in [1.165, 1.54) is 6.21 Å². The molecule has 0 aliphatic rings. The highest BCUT2D eigenvalue weighted by Crippen LogP contribution is 2.23.